The molecule has 0 saturated carbocycles. The number of hydrogen-bond acceptors (Lipinski definition) is 14. The Bertz CT molecular complexity index is 2850. The Balaban J connectivity index is 0.000000199. The summed E-state index contributed by atoms with van der Waals surface area (Å²) in [6.07, 6.45) is 1.61. The maximum absolute atomic E-state index is 12.6. The van der Waals surface area contributed by atoms with Crippen LogP contribution in [0.5, 0.6) is 5.75 Å². The van der Waals surface area contributed by atoms with E-state index in [-0.39, 0.29) is 81.0 Å². The standard InChI is InChI=1S/C23H25N5O5.C18H22N4O3.C15H22N4O3/c24-16-7-5-15(6-8-16)11-25-23(32)26-12-20(29)27-9-10-33-17(13-27)14-28-21(30)18-3-1-2-4-19(18)22(28)31;1-22(15-7-9-16(25-2)10-8-15)17(23)12-21-18(24)20-11-13-3-5-14(19)6-4-13;16-12-5-3-11(4-6-12)8-18-15(21)19-10-14(20)17-9-13-2-1-7-22-13/h1-8,17H,9-14,24H2,(H2,25,26,32);3-10H,11-12,19H2,1-2H3,(H2,20,21,24);3-6,13H,1-2,7-10,16H2,(H,17,20)(H2,18,19,21). The molecule has 80 heavy (non-hydrogen) atoms. The lowest BCUT2D eigenvalue weighted by Gasteiger charge is -2.34. The van der Waals surface area contributed by atoms with E-state index in [9.17, 15) is 38.4 Å². The van der Waals surface area contributed by atoms with Gasteiger partial charge in [-0.05, 0) is 102 Å². The Hall–Kier alpha value is -9.42. The number of morpholine rings is 1. The van der Waals surface area contributed by atoms with E-state index < -0.39 is 18.2 Å². The zero-order valence-corrected chi connectivity index (χ0v) is 44.7. The highest BCUT2D eigenvalue weighted by molar-refractivity contribution is 6.21. The summed E-state index contributed by atoms with van der Waals surface area (Å²) in [5.74, 6) is -0.729. The molecule has 2 atom stereocenters. The quantitative estimate of drug-likeness (QED) is 0.0446. The highest BCUT2D eigenvalue weighted by atomic mass is 16.5. The first kappa shape index (κ1) is 59.8. The normalized spacial score (nSPS) is 15.1. The summed E-state index contributed by atoms with van der Waals surface area (Å²) in [6, 6.07) is 34.0. The number of amides is 11. The fourth-order valence-corrected chi connectivity index (χ4v) is 8.05. The van der Waals surface area contributed by atoms with Gasteiger partial charge < -0.3 is 78.4 Å². The van der Waals surface area contributed by atoms with E-state index in [2.05, 4.69) is 37.2 Å². The molecule has 5 aromatic carbocycles. The molecule has 2 saturated heterocycles. The first-order valence-electron chi connectivity index (χ1n) is 25.8. The predicted octanol–water partition coefficient (Wildman–Crippen LogP) is 2.69. The molecule has 0 bridgehead atoms. The van der Waals surface area contributed by atoms with Gasteiger partial charge in [0.2, 0.25) is 17.7 Å². The fourth-order valence-electron chi connectivity index (χ4n) is 8.05. The second kappa shape index (κ2) is 30.5. The molecular weight excluding hydrogens is 1030 g/mol. The van der Waals surface area contributed by atoms with Gasteiger partial charge in [-0.1, -0.05) is 48.5 Å². The van der Waals surface area contributed by atoms with Gasteiger partial charge >= 0.3 is 18.1 Å². The maximum atomic E-state index is 12.6. The second-order valence-corrected chi connectivity index (χ2v) is 18.5. The average Bonchev–Trinajstić information content (AvgIpc) is 4.12. The number of nitrogens with one attached hydrogen (secondary N) is 7. The van der Waals surface area contributed by atoms with Crippen LogP contribution in [0.4, 0.5) is 37.1 Å². The Morgan fingerprint density at radius 3 is 1.54 bits per heavy atom. The summed E-state index contributed by atoms with van der Waals surface area (Å²) in [5, 5.41) is 18.4. The highest BCUT2D eigenvalue weighted by Crippen LogP contribution is 2.24. The molecule has 0 aromatic heterocycles. The van der Waals surface area contributed by atoms with Crippen LogP contribution in [0.2, 0.25) is 0 Å². The lowest BCUT2D eigenvalue weighted by Crippen LogP contribution is -2.53. The number of carbonyl (C=O) groups is 8. The fraction of sp³-hybridized carbons (Fsp3) is 0.321. The van der Waals surface area contributed by atoms with Gasteiger partial charge in [0.15, 0.2) is 0 Å². The predicted molar refractivity (Wildman–Crippen MR) is 300 cm³/mol. The third-order valence-corrected chi connectivity index (χ3v) is 12.6. The van der Waals surface area contributed by atoms with E-state index in [4.69, 9.17) is 31.4 Å². The lowest BCUT2D eigenvalue weighted by atomic mass is 10.1. The van der Waals surface area contributed by atoms with Gasteiger partial charge in [0.25, 0.3) is 11.8 Å². The van der Waals surface area contributed by atoms with Crippen molar-refractivity contribution in [2.75, 3.05) is 95.3 Å². The molecule has 11 amide bonds. The number of hydrogen-bond donors (Lipinski definition) is 10. The van der Waals surface area contributed by atoms with Crippen LogP contribution in [0.15, 0.2) is 121 Å². The van der Waals surface area contributed by atoms with E-state index in [1.807, 2.05) is 36.4 Å². The van der Waals surface area contributed by atoms with Gasteiger partial charge in [0.05, 0.1) is 63.2 Å². The van der Waals surface area contributed by atoms with Gasteiger partial charge in [-0.3, -0.25) is 28.9 Å². The number of benzene rings is 5. The molecular formula is C56H69N13O11. The zero-order chi connectivity index (χ0) is 57.4. The minimum absolute atomic E-state index is 0.0553. The molecule has 424 valence electrons. The van der Waals surface area contributed by atoms with E-state index in [0.29, 0.717) is 66.7 Å². The van der Waals surface area contributed by atoms with Gasteiger partial charge in [-0.25, -0.2) is 14.4 Å². The number of nitrogens with zero attached hydrogens (tertiary/aromatic N) is 3. The highest BCUT2D eigenvalue weighted by Gasteiger charge is 2.38. The third-order valence-electron chi connectivity index (χ3n) is 12.6. The maximum Gasteiger partial charge on any atom is 0.315 e. The van der Waals surface area contributed by atoms with E-state index in [1.165, 1.54) is 4.90 Å². The van der Waals surface area contributed by atoms with Crippen molar-refractivity contribution in [3.8, 4) is 5.75 Å². The number of urea groups is 3. The number of imide groups is 1. The van der Waals surface area contributed by atoms with Gasteiger partial charge in [-0.2, -0.15) is 0 Å². The van der Waals surface area contributed by atoms with Crippen molar-refractivity contribution < 1.29 is 52.6 Å². The summed E-state index contributed by atoms with van der Waals surface area (Å²) >= 11 is 0. The van der Waals surface area contributed by atoms with Crippen molar-refractivity contribution in [1.29, 1.82) is 0 Å². The SMILES string of the molecule is COc1ccc(N(C)C(=O)CNC(=O)NCc2ccc(N)cc2)cc1.Nc1ccc(CNC(=O)NCC(=O)N2CCOC(CN3C(=O)c4ccccc4C3=O)C2)cc1.Nc1ccc(CNC(=O)NCC(=O)NCC2CCCO2)cc1. The topological polar surface area (TPSA) is 336 Å². The van der Waals surface area contributed by atoms with Gasteiger partial charge in [0.1, 0.15) is 5.75 Å². The Labute approximate surface area is 463 Å². The van der Waals surface area contributed by atoms with E-state index in [0.717, 1.165) is 46.7 Å². The first-order valence-corrected chi connectivity index (χ1v) is 25.8. The van der Waals surface area contributed by atoms with Crippen LogP contribution in [0.3, 0.4) is 0 Å². The summed E-state index contributed by atoms with van der Waals surface area (Å²) in [7, 11) is 3.23. The number of nitrogen functional groups attached to an aromatic ring is 3. The molecule has 24 nitrogen and oxygen atoms in total. The van der Waals surface area contributed by atoms with Crippen LogP contribution in [0.25, 0.3) is 0 Å². The number of rotatable bonds is 18. The van der Waals surface area contributed by atoms with Crippen LogP contribution < -0.4 is 64.1 Å². The van der Waals surface area contributed by atoms with E-state index in [1.54, 1.807) is 104 Å². The first-order chi connectivity index (χ1) is 38.5. The Kier molecular flexibility index (Phi) is 22.8. The van der Waals surface area contributed by atoms with E-state index >= 15 is 0 Å². The molecule has 0 spiro atoms. The average molecular weight is 1100 g/mol. The van der Waals surface area contributed by atoms with Crippen molar-refractivity contribution >= 4 is 70.4 Å². The lowest BCUT2D eigenvalue weighted by molar-refractivity contribution is -0.137. The molecule has 3 heterocycles. The van der Waals surface area contributed by atoms with Gasteiger partial charge in [0, 0.05) is 75.7 Å². The van der Waals surface area contributed by atoms with Crippen LogP contribution in [-0.2, 0) is 43.5 Å². The van der Waals surface area contributed by atoms with Crippen LogP contribution in [-0.4, -0.2) is 143 Å². The smallest absolute Gasteiger partial charge is 0.315 e. The summed E-state index contributed by atoms with van der Waals surface area (Å²) in [4.78, 5) is 101. The Morgan fingerprint density at radius 2 is 1.06 bits per heavy atom. The van der Waals surface area contributed by atoms with Crippen LogP contribution in [0, 0.1) is 0 Å². The molecule has 5 aromatic rings. The largest absolute Gasteiger partial charge is 0.497 e. The summed E-state index contributed by atoms with van der Waals surface area (Å²) in [6.45, 7) is 2.89. The molecule has 3 aliphatic rings. The summed E-state index contributed by atoms with van der Waals surface area (Å²) < 4.78 is 16.2. The second-order valence-electron chi connectivity index (χ2n) is 18.5. The zero-order valence-electron chi connectivity index (χ0n) is 44.7. The van der Waals surface area contributed by atoms with Crippen molar-refractivity contribution in [2.45, 2.75) is 44.7 Å². The molecule has 2 fully saturated rings. The third kappa shape index (κ3) is 19.2. The molecule has 0 aliphatic carbocycles. The number of anilines is 4. The monoisotopic (exact) mass is 1100 g/mol. The number of likely N-dealkylation sites (N-methyl/N-ethyl adjacent to an activating group) is 1. The molecule has 2 unspecified atom stereocenters. The van der Waals surface area contributed by atoms with Crippen molar-refractivity contribution in [2.24, 2.45) is 0 Å². The molecule has 3 aliphatic heterocycles. The summed E-state index contributed by atoms with van der Waals surface area (Å²) in [5.41, 5.74) is 23.0. The van der Waals surface area contributed by atoms with Crippen molar-refractivity contribution in [3.05, 3.63) is 149 Å². The minimum atomic E-state index is -0.496. The van der Waals surface area contributed by atoms with Crippen molar-refractivity contribution in [3.63, 3.8) is 0 Å². The molecule has 8 rings (SSSR count). The van der Waals surface area contributed by atoms with Gasteiger partial charge in [-0.15, -0.1) is 0 Å². The number of fused-ring (bicyclic) bond motifs is 1. The minimum Gasteiger partial charge on any atom is -0.497 e. The number of nitrogens with two attached hydrogens (primary N) is 3. The van der Waals surface area contributed by atoms with Crippen molar-refractivity contribution in [1.82, 2.24) is 47.0 Å². The Morgan fingerprint density at radius 1 is 0.588 bits per heavy atom. The van der Waals surface area contributed by atoms with Crippen LogP contribution in [0.1, 0.15) is 50.2 Å². The number of carbonyl (C=O) groups excluding carboxylic acids is 8. The molecule has 13 N–H and O–H groups in total. The number of ether oxygens (including phenoxy) is 3. The number of methoxy groups -OCH3 is 1. The van der Waals surface area contributed by atoms with Crippen LogP contribution >= 0.6 is 0 Å². The molecule has 0 radical (unpaired) electrons. The molecule has 24 heteroatoms.